The largest absolute Gasteiger partial charge is 0.454 e. The van der Waals surface area contributed by atoms with Crippen LogP contribution in [0.4, 0.5) is 5.82 Å². The molecule has 1 fully saturated rings. The first kappa shape index (κ1) is 19.1. The first-order chi connectivity index (χ1) is 14.7. The number of thiazole rings is 1. The van der Waals surface area contributed by atoms with E-state index in [2.05, 4.69) is 10.4 Å². The number of nitrogens with zero attached hydrogens (tertiary/aromatic N) is 3. The molecule has 0 spiro atoms. The number of benzene rings is 1. The summed E-state index contributed by atoms with van der Waals surface area (Å²) in [5.74, 6) is 2.69. The van der Waals surface area contributed by atoms with Crippen LogP contribution in [0.25, 0.3) is 16.4 Å². The van der Waals surface area contributed by atoms with Gasteiger partial charge < -0.3 is 14.8 Å². The van der Waals surface area contributed by atoms with E-state index in [4.69, 9.17) is 14.5 Å². The summed E-state index contributed by atoms with van der Waals surface area (Å²) in [4.78, 5) is 17.4. The van der Waals surface area contributed by atoms with Gasteiger partial charge in [-0.1, -0.05) is 19.3 Å². The van der Waals surface area contributed by atoms with E-state index < -0.39 is 0 Å². The van der Waals surface area contributed by atoms with Crippen LogP contribution in [0.15, 0.2) is 29.6 Å². The number of hydrogen-bond donors (Lipinski definition) is 1. The quantitative estimate of drug-likeness (QED) is 0.627. The van der Waals surface area contributed by atoms with Crippen LogP contribution in [0.3, 0.4) is 0 Å². The fourth-order valence-electron chi connectivity index (χ4n) is 4.13. The fourth-order valence-corrected chi connectivity index (χ4v) is 4.93. The molecular weight excluding hydrogens is 400 g/mol. The Morgan fingerprint density at radius 3 is 2.90 bits per heavy atom. The second-order valence-corrected chi connectivity index (χ2v) is 8.76. The Hall–Kier alpha value is -2.87. The summed E-state index contributed by atoms with van der Waals surface area (Å²) in [5.41, 5.74) is 2.62. The molecular formula is C22H24N4O3S. The molecule has 2 aromatic heterocycles. The van der Waals surface area contributed by atoms with Gasteiger partial charge in [0.1, 0.15) is 5.82 Å². The summed E-state index contributed by atoms with van der Waals surface area (Å²) in [5, 5.41) is 10.3. The van der Waals surface area contributed by atoms with Gasteiger partial charge in [0.2, 0.25) is 17.8 Å². The van der Waals surface area contributed by atoms with Gasteiger partial charge in [0.25, 0.3) is 0 Å². The minimum Gasteiger partial charge on any atom is -0.454 e. The normalized spacial score (nSPS) is 16.0. The Morgan fingerprint density at radius 1 is 1.20 bits per heavy atom. The molecule has 8 heteroatoms. The van der Waals surface area contributed by atoms with Gasteiger partial charge in [-0.05, 0) is 43.9 Å². The summed E-state index contributed by atoms with van der Waals surface area (Å²) in [6.45, 7) is 2.16. The molecule has 2 aliphatic rings. The lowest BCUT2D eigenvalue weighted by Crippen LogP contribution is -2.19. The number of aromatic nitrogens is 3. The zero-order chi connectivity index (χ0) is 20.5. The molecule has 156 valence electrons. The molecule has 0 atom stereocenters. The maximum Gasteiger partial charge on any atom is 0.231 e. The second-order valence-electron chi connectivity index (χ2n) is 7.92. The van der Waals surface area contributed by atoms with Gasteiger partial charge in [-0.2, -0.15) is 9.78 Å². The first-order valence-corrected chi connectivity index (χ1v) is 11.3. The number of hydrogen-bond acceptors (Lipinski definition) is 6. The minimum absolute atomic E-state index is 0.0515. The molecule has 3 aromatic rings. The van der Waals surface area contributed by atoms with Gasteiger partial charge in [0, 0.05) is 23.4 Å². The molecule has 30 heavy (non-hydrogen) atoms. The first-order valence-electron chi connectivity index (χ1n) is 10.4. The van der Waals surface area contributed by atoms with Crippen molar-refractivity contribution in [3.63, 3.8) is 0 Å². The summed E-state index contributed by atoms with van der Waals surface area (Å²) in [6, 6.07) is 7.68. The lowest BCUT2D eigenvalue weighted by atomic mass is 9.87. The number of nitrogens with one attached hydrogen (secondary N) is 1. The molecule has 1 aromatic carbocycles. The Kier molecular flexibility index (Phi) is 5.16. The molecule has 1 aliphatic carbocycles. The van der Waals surface area contributed by atoms with E-state index >= 15 is 0 Å². The van der Waals surface area contributed by atoms with E-state index in [1.165, 1.54) is 30.6 Å². The molecule has 0 saturated heterocycles. The number of ether oxygens (including phenoxy) is 2. The molecule has 3 heterocycles. The highest BCUT2D eigenvalue weighted by Gasteiger charge is 2.20. The lowest BCUT2D eigenvalue weighted by molar-refractivity contribution is -0.117. The van der Waals surface area contributed by atoms with E-state index in [0.717, 1.165) is 41.3 Å². The van der Waals surface area contributed by atoms with Crippen molar-refractivity contribution < 1.29 is 14.3 Å². The molecule has 1 saturated carbocycles. The highest BCUT2D eigenvalue weighted by atomic mass is 32.1. The molecule has 7 nitrogen and oxygen atoms in total. The van der Waals surface area contributed by atoms with Crippen molar-refractivity contribution in [2.45, 2.75) is 45.4 Å². The van der Waals surface area contributed by atoms with Crippen LogP contribution in [-0.4, -0.2) is 27.5 Å². The van der Waals surface area contributed by atoms with E-state index in [0.29, 0.717) is 23.3 Å². The molecule has 1 amide bonds. The van der Waals surface area contributed by atoms with Gasteiger partial charge in [0.05, 0.1) is 11.4 Å². The summed E-state index contributed by atoms with van der Waals surface area (Å²) in [7, 11) is 0. The minimum atomic E-state index is 0.0515. The predicted molar refractivity (Wildman–Crippen MR) is 115 cm³/mol. The van der Waals surface area contributed by atoms with Crippen molar-refractivity contribution >= 4 is 23.1 Å². The Balaban J connectivity index is 1.34. The fraction of sp³-hybridized carbons (Fsp3) is 0.409. The molecule has 0 radical (unpaired) electrons. The predicted octanol–water partition coefficient (Wildman–Crippen LogP) is 4.94. The SMILES string of the molecule is Cc1cc(NC(=O)CC2CCCCC2)n(-c2nc(-c3ccc4c(c3)OCO4)cs2)n1. The van der Waals surface area contributed by atoms with Gasteiger partial charge >= 0.3 is 0 Å². The number of anilines is 1. The Labute approximate surface area is 179 Å². The lowest BCUT2D eigenvalue weighted by Gasteiger charge is -2.20. The summed E-state index contributed by atoms with van der Waals surface area (Å²) < 4.78 is 12.6. The number of carbonyl (C=O) groups is 1. The maximum absolute atomic E-state index is 12.6. The molecule has 0 bridgehead atoms. The van der Waals surface area contributed by atoms with Crippen LogP contribution < -0.4 is 14.8 Å². The number of amides is 1. The van der Waals surface area contributed by atoms with Crippen molar-refractivity contribution in [3.8, 4) is 27.9 Å². The van der Waals surface area contributed by atoms with Crippen molar-refractivity contribution in [1.82, 2.24) is 14.8 Å². The second kappa shape index (κ2) is 8.10. The molecule has 0 unspecified atom stereocenters. The number of aryl methyl sites for hydroxylation is 1. The zero-order valence-electron chi connectivity index (χ0n) is 16.9. The van der Waals surface area contributed by atoms with Crippen LogP contribution >= 0.6 is 11.3 Å². The van der Waals surface area contributed by atoms with Crippen LogP contribution in [-0.2, 0) is 4.79 Å². The van der Waals surface area contributed by atoms with E-state index in [9.17, 15) is 4.79 Å². The molecule has 1 N–H and O–H groups in total. The average Bonchev–Trinajstić information content (AvgIpc) is 3.47. The third-order valence-corrected chi connectivity index (χ3v) is 6.46. The van der Waals surface area contributed by atoms with Gasteiger partial charge in [-0.15, -0.1) is 11.3 Å². The zero-order valence-corrected chi connectivity index (χ0v) is 17.7. The summed E-state index contributed by atoms with van der Waals surface area (Å²) in [6.07, 6.45) is 6.63. The third-order valence-electron chi connectivity index (χ3n) is 5.64. The van der Waals surface area contributed by atoms with Gasteiger partial charge in [-0.3, -0.25) is 4.79 Å². The molecule has 1 aliphatic heterocycles. The van der Waals surface area contributed by atoms with E-state index in [1.54, 1.807) is 4.68 Å². The van der Waals surface area contributed by atoms with Crippen LogP contribution in [0.2, 0.25) is 0 Å². The van der Waals surface area contributed by atoms with E-state index in [1.807, 2.05) is 36.6 Å². The Morgan fingerprint density at radius 2 is 2.03 bits per heavy atom. The Bertz CT molecular complexity index is 1070. The number of fused-ring (bicyclic) bond motifs is 1. The van der Waals surface area contributed by atoms with Crippen LogP contribution in [0.5, 0.6) is 11.5 Å². The standard InChI is InChI=1S/C22H24N4O3S/c1-14-9-20(24-21(27)10-15-5-3-2-4-6-15)26(25-14)22-23-17(12-30-22)16-7-8-18-19(11-16)29-13-28-18/h7-9,11-12,15H,2-6,10,13H2,1H3,(H,24,27). The number of rotatable bonds is 5. The van der Waals surface area contributed by atoms with E-state index in [-0.39, 0.29) is 12.7 Å². The van der Waals surface area contributed by atoms with Crippen molar-refractivity contribution in [3.05, 3.63) is 35.3 Å². The monoisotopic (exact) mass is 424 g/mol. The molecule has 5 rings (SSSR count). The highest BCUT2D eigenvalue weighted by Crippen LogP contribution is 2.36. The smallest absolute Gasteiger partial charge is 0.231 e. The van der Waals surface area contributed by atoms with Gasteiger partial charge in [-0.25, -0.2) is 4.98 Å². The van der Waals surface area contributed by atoms with Crippen LogP contribution in [0.1, 0.15) is 44.2 Å². The van der Waals surface area contributed by atoms with Crippen LogP contribution in [0, 0.1) is 12.8 Å². The van der Waals surface area contributed by atoms with Gasteiger partial charge in [0.15, 0.2) is 11.5 Å². The van der Waals surface area contributed by atoms with Crippen molar-refractivity contribution in [2.24, 2.45) is 5.92 Å². The average molecular weight is 425 g/mol. The number of carbonyl (C=O) groups excluding carboxylic acids is 1. The maximum atomic E-state index is 12.6. The third kappa shape index (κ3) is 3.92. The summed E-state index contributed by atoms with van der Waals surface area (Å²) >= 11 is 1.49. The van der Waals surface area contributed by atoms with Crippen molar-refractivity contribution in [1.29, 1.82) is 0 Å². The topological polar surface area (TPSA) is 78.3 Å². The van der Waals surface area contributed by atoms with Crippen molar-refractivity contribution in [2.75, 3.05) is 12.1 Å². The highest BCUT2D eigenvalue weighted by molar-refractivity contribution is 7.12.